The van der Waals surface area contributed by atoms with Gasteiger partial charge in [0.15, 0.2) is 11.5 Å². The lowest BCUT2D eigenvalue weighted by molar-refractivity contribution is 0.261. The largest absolute Gasteiger partial charge is 0.496 e. The molecule has 0 aliphatic carbocycles. The summed E-state index contributed by atoms with van der Waals surface area (Å²) in [5.41, 5.74) is 1.80. The molecule has 0 aliphatic heterocycles. The SMILES string of the molecule is COc1cc(OC)c(C[C@H](CO)c2ccc(OC)c(OC)c2)c(OC)c1. The van der Waals surface area contributed by atoms with E-state index in [1.54, 1.807) is 47.7 Å². The van der Waals surface area contributed by atoms with Crippen LogP contribution in [0.25, 0.3) is 0 Å². The Morgan fingerprint density at radius 2 is 1.31 bits per heavy atom. The van der Waals surface area contributed by atoms with E-state index >= 15 is 0 Å². The van der Waals surface area contributed by atoms with Crippen molar-refractivity contribution < 1.29 is 28.8 Å². The van der Waals surface area contributed by atoms with Crippen LogP contribution in [0.3, 0.4) is 0 Å². The quantitative estimate of drug-likeness (QED) is 0.740. The van der Waals surface area contributed by atoms with Gasteiger partial charge in [0.1, 0.15) is 17.2 Å². The third-order valence-corrected chi connectivity index (χ3v) is 4.37. The second-order valence-corrected chi connectivity index (χ2v) is 5.71. The molecule has 0 bridgehead atoms. The summed E-state index contributed by atoms with van der Waals surface area (Å²) in [4.78, 5) is 0. The summed E-state index contributed by atoms with van der Waals surface area (Å²) in [5, 5.41) is 9.98. The average Bonchev–Trinajstić information content (AvgIpc) is 2.70. The zero-order chi connectivity index (χ0) is 19.1. The number of hydrogen-bond acceptors (Lipinski definition) is 6. The normalized spacial score (nSPS) is 11.6. The van der Waals surface area contributed by atoms with Crippen LogP contribution in [0.15, 0.2) is 30.3 Å². The zero-order valence-electron chi connectivity index (χ0n) is 15.9. The first kappa shape index (κ1) is 19.7. The summed E-state index contributed by atoms with van der Waals surface area (Å²) in [7, 11) is 7.97. The van der Waals surface area contributed by atoms with E-state index in [0.717, 1.165) is 11.1 Å². The van der Waals surface area contributed by atoms with Gasteiger partial charge < -0.3 is 28.8 Å². The van der Waals surface area contributed by atoms with Crippen molar-refractivity contribution in [2.75, 3.05) is 42.2 Å². The van der Waals surface area contributed by atoms with Crippen LogP contribution in [0.2, 0.25) is 0 Å². The molecule has 6 nitrogen and oxygen atoms in total. The average molecular weight is 362 g/mol. The molecule has 0 saturated heterocycles. The maximum atomic E-state index is 9.98. The van der Waals surface area contributed by atoms with Crippen molar-refractivity contribution in [3.8, 4) is 28.7 Å². The van der Waals surface area contributed by atoms with E-state index in [2.05, 4.69) is 0 Å². The van der Waals surface area contributed by atoms with Gasteiger partial charge in [0.05, 0.1) is 42.2 Å². The molecule has 2 aromatic rings. The third-order valence-electron chi connectivity index (χ3n) is 4.37. The molecule has 0 heterocycles. The van der Waals surface area contributed by atoms with Gasteiger partial charge in [-0.25, -0.2) is 0 Å². The predicted molar refractivity (Wildman–Crippen MR) is 99.2 cm³/mol. The summed E-state index contributed by atoms with van der Waals surface area (Å²) < 4.78 is 26.9. The van der Waals surface area contributed by atoms with E-state index in [4.69, 9.17) is 23.7 Å². The Labute approximate surface area is 154 Å². The molecule has 0 amide bonds. The van der Waals surface area contributed by atoms with Crippen LogP contribution in [-0.2, 0) is 6.42 Å². The van der Waals surface area contributed by atoms with Gasteiger partial charge in [-0.3, -0.25) is 0 Å². The molecule has 1 atom stereocenters. The molecule has 142 valence electrons. The highest BCUT2D eigenvalue weighted by Gasteiger charge is 2.20. The number of aliphatic hydroxyl groups is 1. The van der Waals surface area contributed by atoms with Gasteiger partial charge in [-0.2, -0.15) is 0 Å². The maximum absolute atomic E-state index is 9.98. The maximum Gasteiger partial charge on any atom is 0.160 e. The summed E-state index contributed by atoms with van der Waals surface area (Å²) in [6.45, 7) is -0.0339. The summed E-state index contributed by atoms with van der Waals surface area (Å²) in [5.74, 6) is 3.06. The van der Waals surface area contributed by atoms with Crippen molar-refractivity contribution in [1.29, 1.82) is 0 Å². The standard InChI is InChI=1S/C20H26O6/c1-22-15-10-18(24-3)16(19(11-15)25-4)8-14(12-21)13-6-7-17(23-2)20(9-13)26-5/h6-7,9-11,14,21H,8,12H2,1-5H3/t14-/m1/s1. The Balaban J connectivity index is 2.41. The Morgan fingerprint density at radius 3 is 1.77 bits per heavy atom. The number of methoxy groups -OCH3 is 5. The molecular formula is C20H26O6. The number of rotatable bonds is 9. The number of aliphatic hydroxyl groups excluding tert-OH is 1. The van der Waals surface area contributed by atoms with Crippen LogP contribution in [0.4, 0.5) is 0 Å². The molecular weight excluding hydrogens is 336 g/mol. The molecule has 26 heavy (non-hydrogen) atoms. The zero-order valence-corrected chi connectivity index (χ0v) is 15.9. The van der Waals surface area contributed by atoms with E-state index in [-0.39, 0.29) is 12.5 Å². The Bertz CT molecular complexity index is 703. The molecule has 0 saturated carbocycles. The van der Waals surface area contributed by atoms with Crippen LogP contribution in [0.1, 0.15) is 17.0 Å². The van der Waals surface area contributed by atoms with Crippen LogP contribution >= 0.6 is 0 Å². The van der Waals surface area contributed by atoms with Crippen molar-refractivity contribution in [3.63, 3.8) is 0 Å². The minimum absolute atomic E-state index is 0.0339. The van der Waals surface area contributed by atoms with Crippen LogP contribution in [0, 0.1) is 0 Å². The van der Waals surface area contributed by atoms with Crippen LogP contribution in [0.5, 0.6) is 28.7 Å². The highest BCUT2D eigenvalue weighted by molar-refractivity contribution is 5.52. The van der Waals surface area contributed by atoms with Gasteiger partial charge in [0.2, 0.25) is 0 Å². The van der Waals surface area contributed by atoms with Crippen molar-refractivity contribution in [2.45, 2.75) is 12.3 Å². The second-order valence-electron chi connectivity index (χ2n) is 5.71. The van der Waals surface area contributed by atoms with Gasteiger partial charge in [-0.05, 0) is 24.1 Å². The third kappa shape index (κ3) is 4.14. The van der Waals surface area contributed by atoms with Crippen LogP contribution < -0.4 is 23.7 Å². The number of hydrogen-bond donors (Lipinski definition) is 1. The highest BCUT2D eigenvalue weighted by atomic mass is 16.5. The molecule has 0 fully saturated rings. The van der Waals surface area contributed by atoms with Crippen molar-refractivity contribution in [2.24, 2.45) is 0 Å². The van der Waals surface area contributed by atoms with Gasteiger partial charge in [-0.1, -0.05) is 6.07 Å². The fourth-order valence-corrected chi connectivity index (χ4v) is 2.92. The van der Waals surface area contributed by atoms with E-state index in [1.807, 2.05) is 18.2 Å². The second kappa shape index (κ2) is 9.20. The van der Waals surface area contributed by atoms with E-state index < -0.39 is 0 Å². The fraction of sp³-hybridized carbons (Fsp3) is 0.400. The Kier molecular flexibility index (Phi) is 6.97. The van der Waals surface area contributed by atoms with Gasteiger partial charge in [0.25, 0.3) is 0 Å². The van der Waals surface area contributed by atoms with Crippen molar-refractivity contribution in [3.05, 3.63) is 41.5 Å². The lowest BCUT2D eigenvalue weighted by Crippen LogP contribution is -2.10. The molecule has 0 aliphatic rings. The van der Waals surface area contributed by atoms with E-state index in [9.17, 15) is 5.11 Å². The molecule has 6 heteroatoms. The van der Waals surface area contributed by atoms with Gasteiger partial charge >= 0.3 is 0 Å². The summed E-state index contributed by atoms with van der Waals surface area (Å²) in [6.07, 6.45) is 0.530. The lowest BCUT2D eigenvalue weighted by Gasteiger charge is -2.20. The Hall–Kier alpha value is -2.60. The first-order valence-corrected chi connectivity index (χ1v) is 8.23. The summed E-state index contributed by atoms with van der Waals surface area (Å²) >= 11 is 0. The molecule has 2 rings (SSSR count). The highest BCUT2D eigenvalue weighted by Crippen LogP contribution is 2.38. The number of benzene rings is 2. The molecule has 0 spiro atoms. The predicted octanol–water partition coefficient (Wildman–Crippen LogP) is 3.05. The van der Waals surface area contributed by atoms with Crippen LogP contribution in [-0.4, -0.2) is 47.3 Å². The molecule has 0 aromatic heterocycles. The molecule has 0 unspecified atom stereocenters. The fourth-order valence-electron chi connectivity index (χ4n) is 2.92. The minimum Gasteiger partial charge on any atom is -0.496 e. The minimum atomic E-state index is -0.161. The first-order chi connectivity index (χ1) is 12.6. The van der Waals surface area contributed by atoms with Crippen molar-refractivity contribution >= 4 is 0 Å². The Morgan fingerprint density at radius 1 is 0.731 bits per heavy atom. The first-order valence-electron chi connectivity index (χ1n) is 8.23. The molecule has 0 radical (unpaired) electrons. The smallest absolute Gasteiger partial charge is 0.160 e. The summed E-state index contributed by atoms with van der Waals surface area (Å²) in [6, 6.07) is 9.24. The van der Waals surface area contributed by atoms with Gasteiger partial charge in [-0.15, -0.1) is 0 Å². The lowest BCUT2D eigenvalue weighted by atomic mass is 9.91. The molecule has 1 N–H and O–H groups in total. The topological polar surface area (TPSA) is 66.4 Å². The monoisotopic (exact) mass is 362 g/mol. The van der Waals surface area contributed by atoms with Crippen molar-refractivity contribution in [1.82, 2.24) is 0 Å². The van der Waals surface area contributed by atoms with Gasteiger partial charge in [0, 0.05) is 23.6 Å². The van der Waals surface area contributed by atoms with E-state index in [1.165, 1.54) is 0 Å². The van der Waals surface area contributed by atoms with E-state index in [0.29, 0.717) is 35.2 Å². The number of ether oxygens (including phenoxy) is 5. The molecule has 2 aromatic carbocycles.